The smallest absolute Gasteiger partial charge is 0.139 e. The number of ether oxygens (including phenoxy) is 1. The van der Waals surface area contributed by atoms with E-state index >= 15 is 0 Å². The van der Waals surface area contributed by atoms with Gasteiger partial charge in [0.1, 0.15) is 17.3 Å². The fourth-order valence-corrected chi connectivity index (χ4v) is 7.76. The van der Waals surface area contributed by atoms with Gasteiger partial charge in [-0.1, -0.05) is 102 Å². The van der Waals surface area contributed by atoms with Gasteiger partial charge in [-0.2, -0.15) is 5.10 Å². The fraction of sp³-hybridized carbons (Fsp3) is 0.174. The van der Waals surface area contributed by atoms with Crippen molar-refractivity contribution >= 4 is 43.6 Å². The Morgan fingerprint density at radius 2 is 1.15 bits per heavy atom. The molecular formula is C46H41N5O. The number of rotatable bonds is 5. The molecule has 0 amide bonds. The van der Waals surface area contributed by atoms with Crippen LogP contribution < -0.4 is 4.74 Å². The minimum absolute atomic E-state index is 0.0649. The first-order valence-electron chi connectivity index (χ1n) is 17.9. The van der Waals surface area contributed by atoms with Crippen LogP contribution in [-0.4, -0.2) is 23.9 Å². The number of pyridine rings is 1. The Hall–Kier alpha value is -6.14. The number of aromatic nitrogens is 5. The first kappa shape index (κ1) is 31.8. The normalized spacial score (nSPS) is 12.4. The van der Waals surface area contributed by atoms with Crippen LogP contribution in [0.3, 0.4) is 0 Å². The molecule has 0 aliphatic rings. The molecule has 0 aliphatic heterocycles. The lowest BCUT2D eigenvalue weighted by Crippen LogP contribution is -2.15. The van der Waals surface area contributed by atoms with Gasteiger partial charge in [0.2, 0.25) is 0 Å². The van der Waals surface area contributed by atoms with Gasteiger partial charge in [-0.05, 0) is 64.4 Å². The zero-order valence-electron chi connectivity index (χ0n) is 30.4. The van der Waals surface area contributed by atoms with Crippen LogP contribution in [0, 0.1) is 0 Å². The van der Waals surface area contributed by atoms with Crippen LogP contribution in [0.2, 0.25) is 0 Å². The summed E-state index contributed by atoms with van der Waals surface area (Å²) in [6.07, 6.45) is 5.65. The maximum atomic E-state index is 6.50. The van der Waals surface area contributed by atoms with Crippen molar-refractivity contribution in [1.29, 1.82) is 0 Å². The third kappa shape index (κ3) is 5.17. The lowest BCUT2D eigenvalue weighted by Gasteiger charge is -2.24. The van der Waals surface area contributed by atoms with Crippen molar-refractivity contribution in [2.45, 2.75) is 52.4 Å². The van der Waals surface area contributed by atoms with Gasteiger partial charge in [-0.3, -0.25) is 4.57 Å². The molecule has 52 heavy (non-hydrogen) atoms. The molecule has 0 N–H and O–H groups in total. The van der Waals surface area contributed by atoms with Crippen LogP contribution in [0.4, 0.5) is 0 Å². The van der Waals surface area contributed by atoms with Crippen LogP contribution in [0.5, 0.6) is 11.5 Å². The van der Waals surface area contributed by atoms with E-state index < -0.39 is 0 Å². The van der Waals surface area contributed by atoms with Crippen molar-refractivity contribution < 1.29 is 4.74 Å². The lowest BCUT2D eigenvalue weighted by molar-refractivity contribution is 0.483. The predicted molar refractivity (Wildman–Crippen MR) is 214 cm³/mol. The topological polar surface area (TPSA) is 49.8 Å². The Bertz CT molecular complexity index is 2720. The summed E-state index contributed by atoms with van der Waals surface area (Å²) in [5.74, 6) is 2.33. The standard InChI is InChI=1S/C46H41N5O/c1-45(2,3)38-18-10-16-36-37-17-11-19-39(46(4,5)6)44(37)50(43(36)38)31-23-25-47-42(28-31)51-40-20-8-7-15-34(40)35-22-21-33(29-41(35)51)52-32-14-9-13-30(27-32)49-26-12-24-48-49/h7-29H,1-6H3. The number of benzene rings is 5. The molecule has 0 unspecified atom stereocenters. The maximum absolute atomic E-state index is 6.50. The third-order valence-corrected chi connectivity index (χ3v) is 10.1. The van der Waals surface area contributed by atoms with E-state index in [0.29, 0.717) is 0 Å². The van der Waals surface area contributed by atoms with Crippen molar-refractivity contribution in [3.8, 4) is 28.7 Å². The second kappa shape index (κ2) is 11.7. The van der Waals surface area contributed by atoms with E-state index in [4.69, 9.17) is 9.72 Å². The van der Waals surface area contributed by atoms with E-state index in [1.807, 2.05) is 53.5 Å². The van der Waals surface area contributed by atoms with Gasteiger partial charge in [0.05, 0.1) is 33.4 Å². The Morgan fingerprint density at radius 3 is 1.85 bits per heavy atom. The average molecular weight is 680 g/mol. The van der Waals surface area contributed by atoms with Crippen molar-refractivity contribution in [3.63, 3.8) is 0 Å². The van der Waals surface area contributed by atoms with E-state index in [9.17, 15) is 0 Å². The summed E-state index contributed by atoms with van der Waals surface area (Å²) in [4.78, 5) is 5.05. The Kier molecular flexibility index (Phi) is 7.16. The summed E-state index contributed by atoms with van der Waals surface area (Å²) in [6.45, 7) is 13.8. The Balaban J connectivity index is 1.26. The zero-order chi connectivity index (χ0) is 35.8. The highest BCUT2D eigenvalue weighted by atomic mass is 16.5. The molecule has 6 nitrogen and oxygen atoms in total. The molecule has 5 aromatic carbocycles. The van der Waals surface area contributed by atoms with Crippen molar-refractivity contribution in [3.05, 3.63) is 151 Å². The third-order valence-electron chi connectivity index (χ3n) is 10.1. The molecular weight excluding hydrogens is 639 g/mol. The molecule has 0 spiro atoms. The highest BCUT2D eigenvalue weighted by Crippen LogP contribution is 2.43. The van der Waals surface area contributed by atoms with E-state index in [1.165, 1.54) is 38.3 Å². The molecule has 0 aliphatic carbocycles. The molecule has 4 heterocycles. The summed E-state index contributed by atoms with van der Waals surface area (Å²) >= 11 is 0. The molecule has 4 aromatic heterocycles. The number of hydrogen-bond donors (Lipinski definition) is 0. The Labute approximate surface area is 303 Å². The highest BCUT2D eigenvalue weighted by molar-refractivity contribution is 6.12. The van der Waals surface area contributed by atoms with Crippen molar-refractivity contribution in [2.75, 3.05) is 0 Å². The van der Waals surface area contributed by atoms with E-state index in [-0.39, 0.29) is 10.8 Å². The molecule has 0 saturated carbocycles. The van der Waals surface area contributed by atoms with Crippen LogP contribution in [0.25, 0.3) is 60.8 Å². The fourth-order valence-electron chi connectivity index (χ4n) is 7.76. The quantitative estimate of drug-likeness (QED) is 0.182. The number of fused-ring (bicyclic) bond motifs is 6. The SMILES string of the molecule is CC(C)(C)c1cccc2c3cccc(C(C)(C)C)c3n(-c3ccnc(-n4c5ccccc5c5ccc(Oc6cccc(-n7cccn7)c6)cc54)c3)c12. The summed E-state index contributed by atoms with van der Waals surface area (Å²) in [5, 5.41) is 9.22. The lowest BCUT2D eigenvalue weighted by atomic mass is 9.85. The second-order valence-corrected chi connectivity index (χ2v) is 15.7. The maximum Gasteiger partial charge on any atom is 0.139 e. The number of para-hydroxylation sites is 3. The molecule has 6 heteroatoms. The van der Waals surface area contributed by atoms with Crippen molar-refractivity contribution in [2.24, 2.45) is 0 Å². The summed E-state index contributed by atoms with van der Waals surface area (Å²) < 4.78 is 13.1. The van der Waals surface area contributed by atoms with Crippen LogP contribution in [0.1, 0.15) is 52.7 Å². The van der Waals surface area contributed by atoms with E-state index in [2.05, 4.69) is 141 Å². The summed E-state index contributed by atoms with van der Waals surface area (Å²) in [7, 11) is 0. The van der Waals surface area contributed by atoms with Crippen LogP contribution >= 0.6 is 0 Å². The Morgan fingerprint density at radius 1 is 0.500 bits per heavy atom. The van der Waals surface area contributed by atoms with Crippen LogP contribution in [-0.2, 0) is 10.8 Å². The molecule has 0 bridgehead atoms. The molecule has 0 fully saturated rings. The largest absolute Gasteiger partial charge is 0.457 e. The monoisotopic (exact) mass is 679 g/mol. The molecule has 9 aromatic rings. The van der Waals surface area contributed by atoms with E-state index in [0.717, 1.165) is 45.1 Å². The first-order valence-corrected chi connectivity index (χ1v) is 17.9. The average Bonchev–Trinajstić information content (AvgIpc) is 3.86. The van der Waals surface area contributed by atoms with Crippen molar-refractivity contribution in [1.82, 2.24) is 23.9 Å². The van der Waals surface area contributed by atoms with Gasteiger partial charge in [0, 0.05) is 58.3 Å². The molecule has 0 atom stereocenters. The summed E-state index contributed by atoms with van der Waals surface area (Å²) in [5.41, 5.74) is 9.12. The van der Waals surface area contributed by atoms with Gasteiger partial charge >= 0.3 is 0 Å². The minimum Gasteiger partial charge on any atom is -0.457 e. The van der Waals surface area contributed by atoms with Gasteiger partial charge in [-0.15, -0.1) is 0 Å². The number of nitrogens with zero attached hydrogens (tertiary/aromatic N) is 5. The molecule has 0 saturated heterocycles. The van der Waals surface area contributed by atoms with Gasteiger partial charge in [0.15, 0.2) is 0 Å². The van der Waals surface area contributed by atoms with Gasteiger partial charge < -0.3 is 9.30 Å². The summed E-state index contributed by atoms with van der Waals surface area (Å²) in [6, 6.07) is 42.7. The molecule has 256 valence electrons. The predicted octanol–water partition coefficient (Wildman–Crippen LogP) is 11.8. The first-order chi connectivity index (χ1) is 25.1. The van der Waals surface area contributed by atoms with E-state index in [1.54, 1.807) is 6.20 Å². The van der Waals surface area contributed by atoms with Gasteiger partial charge in [0.25, 0.3) is 0 Å². The van der Waals surface area contributed by atoms with Crippen LogP contribution in [0.15, 0.2) is 140 Å². The number of hydrogen-bond acceptors (Lipinski definition) is 3. The highest BCUT2D eigenvalue weighted by Gasteiger charge is 2.27. The van der Waals surface area contributed by atoms with Gasteiger partial charge in [-0.25, -0.2) is 9.67 Å². The minimum atomic E-state index is -0.0649. The molecule has 0 radical (unpaired) electrons. The zero-order valence-corrected chi connectivity index (χ0v) is 30.4. The second-order valence-electron chi connectivity index (χ2n) is 15.7. The molecule has 9 rings (SSSR count).